The summed E-state index contributed by atoms with van der Waals surface area (Å²) in [7, 11) is 1.29. The number of ether oxygens (including phenoxy) is 1. The number of nitrogens with zero attached hydrogens (tertiary/aromatic N) is 1. The summed E-state index contributed by atoms with van der Waals surface area (Å²) in [5.41, 5.74) is 2.51. The summed E-state index contributed by atoms with van der Waals surface area (Å²) in [5, 5.41) is 0. The molecule has 0 aliphatic heterocycles. The van der Waals surface area contributed by atoms with Crippen LogP contribution in [0, 0.1) is 17.8 Å². The number of carbonyl (C=O) groups is 3. The molecule has 0 radical (unpaired) electrons. The van der Waals surface area contributed by atoms with E-state index < -0.39 is 23.7 Å². The standard InChI is InChI=1S/C27H31NO4/c1-17-16-23(24(27(31)32-5)18(2)25(17)29)26(30)28(19(3)21-12-8-6-9-13-21)20(4)22-14-10-7-11-15-22/h6-16,18-20,23-24H,1-5H3/t18-,19+,20+,23-,24+/m0/s1. The van der Waals surface area contributed by atoms with Gasteiger partial charge in [0.25, 0.3) is 0 Å². The minimum atomic E-state index is -0.850. The normalized spacial score (nSPS) is 22.5. The second-order valence-corrected chi connectivity index (χ2v) is 8.50. The van der Waals surface area contributed by atoms with Crippen LogP contribution in [-0.4, -0.2) is 29.7 Å². The molecule has 0 N–H and O–H groups in total. The fourth-order valence-electron chi connectivity index (χ4n) is 4.67. The molecule has 2 aromatic rings. The Kier molecular flexibility index (Phi) is 7.29. The molecule has 168 valence electrons. The third-order valence-corrected chi connectivity index (χ3v) is 6.57. The van der Waals surface area contributed by atoms with Gasteiger partial charge in [-0.1, -0.05) is 73.7 Å². The Bertz CT molecular complexity index is 953. The molecule has 0 fully saturated rings. The molecule has 1 aliphatic carbocycles. The molecule has 0 heterocycles. The maximum Gasteiger partial charge on any atom is 0.310 e. The lowest BCUT2D eigenvalue weighted by Gasteiger charge is -2.40. The second kappa shape index (κ2) is 9.94. The molecule has 5 atom stereocenters. The summed E-state index contributed by atoms with van der Waals surface area (Å²) in [6.45, 7) is 7.39. The van der Waals surface area contributed by atoms with Gasteiger partial charge >= 0.3 is 5.97 Å². The lowest BCUT2D eigenvalue weighted by molar-refractivity contribution is -0.157. The number of hydrogen-bond acceptors (Lipinski definition) is 4. The first kappa shape index (κ1) is 23.5. The van der Waals surface area contributed by atoms with Crippen LogP contribution in [0.2, 0.25) is 0 Å². The Labute approximate surface area is 190 Å². The number of rotatable bonds is 6. The number of benzene rings is 2. The highest BCUT2D eigenvalue weighted by atomic mass is 16.5. The van der Waals surface area contributed by atoms with Gasteiger partial charge in [0.15, 0.2) is 5.78 Å². The van der Waals surface area contributed by atoms with Crippen LogP contribution >= 0.6 is 0 Å². The zero-order valence-electron chi connectivity index (χ0n) is 19.3. The van der Waals surface area contributed by atoms with Gasteiger partial charge in [-0.25, -0.2) is 0 Å². The van der Waals surface area contributed by atoms with Crippen LogP contribution < -0.4 is 0 Å². The van der Waals surface area contributed by atoms with E-state index in [1.165, 1.54) is 7.11 Å². The fraction of sp³-hybridized carbons (Fsp3) is 0.370. The van der Waals surface area contributed by atoms with Gasteiger partial charge in [-0.3, -0.25) is 14.4 Å². The van der Waals surface area contributed by atoms with Crippen molar-refractivity contribution in [3.8, 4) is 0 Å². The quantitative estimate of drug-likeness (QED) is 0.608. The van der Waals surface area contributed by atoms with Gasteiger partial charge in [0, 0.05) is 5.92 Å². The number of allylic oxidation sites excluding steroid dienone is 1. The molecule has 3 rings (SSSR count). The predicted octanol–water partition coefficient (Wildman–Crippen LogP) is 4.91. The van der Waals surface area contributed by atoms with E-state index in [9.17, 15) is 14.4 Å². The second-order valence-electron chi connectivity index (χ2n) is 8.50. The van der Waals surface area contributed by atoms with Crippen LogP contribution in [0.25, 0.3) is 0 Å². The van der Waals surface area contributed by atoms with Crippen LogP contribution in [0.1, 0.15) is 50.9 Å². The molecule has 1 amide bonds. The topological polar surface area (TPSA) is 63.7 Å². The molecule has 32 heavy (non-hydrogen) atoms. The number of carbonyl (C=O) groups excluding carboxylic acids is 3. The molecule has 2 aromatic carbocycles. The maximum absolute atomic E-state index is 14.1. The van der Waals surface area contributed by atoms with E-state index in [-0.39, 0.29) is 23.8 Å². The number of hydrogen-bond donors (Lipinski definition) is 0. The van der Waals surface area contributed by atoms with E-state index >= 15 is 0 Å². The first-order valence-electron chi connectivity index (χ1n) is 11.0. The van der Waals surface area contributed by atoms with E-state index in [1.54, 1.807) is 19.9 Å². The Morgan fingerprint density at radius 1 is 0.906 bits per heavy atom. The third-order valence-electron chi connectivity index (χ3n) is 6.57. The number of esters is 1. The Balaban J connectivity index is 2.09. The van der Waals surface area contributed by atoms with Crippen molar-refractivity contribution in [1.82, 2.24) is 4.90 Å². The minimum absolute atomic E-state index is 0.122. The molecular weight excluding hydrogens is 402 g/mol. The number of amides is 1. The number of Topliss-reactive ketones (excluding diaryl/α,β-unsaturated/α-hetero) is 1. The van der Waals surface area contributed by atoms with Crippen LogP contribution in [-0.2, 0) is 19.1 Å². The molecule has 0 aromatic heterocycles. The summed E-state index contributed by atoms with van der Waals surface area (Å²) in [4.78, 5) is 41.2. The van der Waals surface area contributed by atoms with Crippen LogP contribution in [0.4, 0.5) is 0 Å². The van der Waals surface area contributed by atoms with Crippen molar-refractivity contribution in [3.63, 3.8) is 0 Å². The van der Waals surface area contributed by atoms with Crippen molar-refractivity contribution in [2.75, 3.05) is 7.11 Å². The minimum Gasteiger partial charge on any atom is -0.469 e. The van der Waals surface area contributed by atoms with Gasteiger partial charge in [0.05, 0.1) is 31.0 Å². The van der Waals surface area contributed by atoms with Crippen molar-refractivity contribution in [2.45, 2.75) is 39.8 Å². The van der Waals surface area contributed by atoms with E-state index in [2.05, 4.69) is 0 Å². The van der Waals surface area contributed by atoms with Gasteiger partial charge in [-0.2, -0.15) is 0 Å². The zero-order valence-corrected chi connectivity index (χ0v) is 19.3. The first-order valence-corrected chi connectivity index (χ1v) is 11.0. The molecule has 0 bridgehead atoms. The highest BCUT2D eigenvalue weighted by Crippen LogP contribution is 2.38. The van der Waals surface area contributed by atoms with Crippen LogP contribution in [0.5, 0.6) is 0 Å². The number of methoxy groups -OCH3 is 1. The predicted molar refractivity (Wildman–Crippen MR) is 123 cm³/mol. The Morgan fingerprint density at radius 3 is 1.81 bits per heavy atom. The zero-order chi connectivity index (χ0) is 23.4. The van der Waals surface area contributed by atoms with Crippen molar-refractivity contribution >= 4 is 17.7 Å². The highest BCUT2D eigenvalue weighted by molar-refractivity contribution is 6.03. The molecule has 5 heteroatoms. The van der Waals surface area contributed by atoms with E-state index in [1.807, 2.05) is 79.4 Å². The average molecular weight is 434 g/mol. The third kappa shape index (κ3) is 4.52. The largest absolute Gasteiger partial charge is 0.469 e. The van der Waals surface area contributed by atoms with Crippen molar-refractivity contribution < 1.29 is 19.1 Å². The van der Waals surface area contributed by atoms with Gasteiger partial charge < -0.3 is 9.64 Å². The molecule has 0 saturated heterocycles. The van der Waals surface area contributed by atoms with E-state index in [4.69, 9.17) is 4.74 Å². The van der Waals surface area contributed by atoms with Crippen LogP contribution in [0.3, 0.4) is 0 Å². The van der Waals surface area contributed by atoms with Crippen molar-refractivity contribution in [2.24, 2.45) is 17.8 Å². The highest BCUT2D eigenvalue weighted by Gasteiger charge is 2.46. The molecule has 0 spiro atoms. The lowest BCUT2D eigenvalue weighted by atomic mass is 9.72. The molecule has 0 saturated carbocycles. The van der Waals surface area contributed by atoms with E-state index in [0.29, 0.717) is 5.57 Å². The van der Waals surface area contributed by atoms with Gasteiger partial charge in [0.1, 0.15) is 0 Å². The van der Waals surface area contributed by atoms with Crippen molar-refractivity contribution in [1.29, 1.82) is 0 Å². The monoisotopic (exact) mass is 433 g/mol. The summed E-state index contributed by atoms with van der Waals surface area (Å²) < 4.78 is 5.00. The lowest BCUT2D eigenvalue weighted by Crippen LogP contribution is -2.48. The molecule has 1 aliphatic rings. The summed E-state index contributed by atoms with van der Waals surface area (Å²) in [6, 6.07) is 19.2. The SMILES string of the molecule is COC(=O)[C@@H]1[C@H](C)C(=O)C(C)=C[C@@H]1C(=O)N([C@H](C)c1ccccc1)[C@H](C)c1ccccc1. The van der Waals surface area contributed by atoms with Crippen LogP contribution in [0.15, 0.2) is 72.3 Å². The fourth-order valence-corrected chi connectivity index (χ4v) is 4.67. The summed E-state index contributed by atoms with van der Waals surface area (Å²) >= 11 is 0. The maximum atomic E-state index is 14.1. The Morgan fingerprint density at radius 2 is 1.38 bits per heavy atom. The van der Waals surface area contributed by atoms with Gasteiger partial charge in [-0.05, 0) is 37.5 Å². The van der Waals surface area contributed by atoms with Gasteiger partial charge in [-0.15, -0.1) is 0 Å². The molecule has 5 nitrogen and oxygen atoms in total. The average Bonchev–Trinajstić information content (AvgIpc) is 2.82. The first-order chi connectivity index (χ1) is 15.3. The number of ketones is 1. The van der Waals surface area contributed by atoms with Crippen molar-refractivity contribution in [3.05, 3.63) is 83.4 Å². The molecule has 0 unspecified atom stereocenters. The molecular formula is C27H31NO4. The van der Waals surface area contributed by atoms with Gasteiger partial charge in [0.2, 0.25) is 5.91 Å². The Hall–Kier alpha value is -3.21. The summed E-state index contributed by atoms with van der Waals surface area (Å²) in [6.07, 6.45) is 1.65. The smallest absolute Gasteiger partial charge is 0.310 e. The van der Waals surface area contributed by atoms with E-state index in [0.717, 1.165) is 11.1 Å². The summed E-state index contributed by atoms with van der Waals surface area (Å²) in [5.74, 6) is -3.09.